The standard InChI is InChI=1S/C16H13N3OS/c20-15(12-5-1-2-6-12)19-16(21)18-13-9-3-7-11-8-4-10-17-14(11)13/h1-5,7-10H,6H2,(H2,18,19,20,21). The third-order valence-electron chi connectivity index (χ3n) is 3.17. The molecule has 0 saturated carbocycles. The van der Waals surface area contributed by atoms with Gasteiger partial charge >= 0.3 is 0 Å². The molecule has 1 aliphatic carbocycles. The Balaban J connectivity index is 1.73. The highest BCUT2D eigenvalue weighted by molar-refractivity contribution is 7.80. The summed E-state index contributed by atoms with van der Waals surface area (Å²) in [7, 11) is 0. The molecule has 0 atom stereocenters. The quantitative estimate of drug-likeness (QED) is 0.836. The Morgan fingerprint density at radius 2 is 2.10 bits per heavy atom. The van der Waals surface area contributed by atoms with Gasteiger partial charge in [-0.1, -0.05) is 36.4 Å². The molecule has 4 nitrogen and oxygen atoms in total. The van der Waals surface area contributed by atoms with Gasteiger partial charge in [0, 0.05) is 17.2 Å². The fourth-order valence-electron chi connectivity index (χ4n) is 2.16. The van der Waals surface area contributed by atoms with E-state index < -0.39 is 0 Å². The lowest BCUT2D eigenvalue weighted by molar-refractivity contribution is -0.116. The second-order valence-corrected chi connectivity index (χ2v) is 5.02. The first kappa shape index (κ1) is 13.5. The Morgan fingerprint density at radius 1 is 1.24 bits per heavy atom. The van der Waals surface area contributed by atoms with E-state index in [0.29, 0.717) is 12.0 Å². The van der Waals surface area contributed by atoms with Gasteiger partial charge in [-0.15, -0.1) is 0 Å². The van der Waals surface area contributed by atoms with Crippen LogP contribution < -0.4 is 10.6 Å². The molecule has 1 aromatic carbocycles. The highest BCUT2D eigenvalue weighted by atomic mass is 32.1. The third-order valence-corrected chi connectivity index (χ3v) is 3.38. The second-order valence-electron chi connectivity index (χ2n) is 4.61. The minimum atomic E-state index is -0.175. The van der Waals surface area contributed by atoms with Crippen LogP contribution >= 0.6 is 12.2 Å². The normalized spacial score (nSPS) is 13.0. The summed E-state index contributed by atoms with van der Waals surface area (Å²) < 4.78 is 0. The molecule has 0 spiro atoms. The van der Waals surface area contributed by atoms with Crippen LogP contribution in [0, 0.1) is 0 Å². The van der Waals surface area contributed by atoms with Crippen LogP contribution in [0.1, 0.15) is 6.42 Å². The van der Waals surface area contributed by atoms with Crippen LogP contribution in [0.25, 0.3) is 10.9 Å². The first-order valence-corrected chi connectivity index (χ1v) is 6.96. The van der Waals surface area contributed by atoms with Crippen LogP contribution in [0.3, 0.4) is 0 Å². The lowest BCUT2D eigenvalue weighted by Crippen LogP contribution is -2.34. The van der Waals surface area contributed by atoms with Crippen molar-refractivity contribution in [1.29, 1.82) is 0 Å². The number of carbonyl (C=O) groups excluding carboxylic acids is 1. The number of allylic oxidation sites excluding steroid dienone is 3. The number of nitrogens with one attached hydrogen (secondary N) is 2. The minimum Gasteiger partial charge on any atom is -0.331 e. The summed E-state index contributed by atoms with van der Waals surface area (Å²) >= 11 is 5.19. The number of benzene rings is 1. The predicted octanol–water partition coefficient (Wildman–Crippen LogP) is 2.93. The summed E-state index contributed by atoms with van der Waals surface area (Å²) in [5, 5.41) is 6.99. The fraction of sp³-hybridized carbons (Fsp3) is 0.0625. The lowest BCUT2D eigenvalue weighted by atomic mass is 10.2. The van der Waals surface area contributed by atoms with E-state index in [-0.39, 0.29) is 11.0 Å². The van der Waals surface area contributed by atoms with Crippen molar-refractivity contribution in [3.63, 3.8) is 0 Å². The van der Waals surface area contributed by atoms with Crippen LogP contribution in [-0.2, 0) is 4.79 Å². The Hall–Kier alpha value is -2.53. The van der Waals surface area contributed by atoms with E-state index in [1.807, 2.05) is 42.5 Å². The van der Waals surface area contributed by atoms with Gasteiger partial charge in [0.1, 0.15) is 0 Å². The SMILES string of the molecule is O=C(NC(=S)Nc1cccc2cccnc12)C1=CC=CC1. The fourth-order valence-corrected chi connectivity index (χ4v) is 2.36. The van der Waals surface area contributed by atoms with Crippen molar-refractivity contribution in [2.24, 2.45) is 0 Å². The number of carbonyl (C=O) groups is 1. The Kier molecular flexibility index (Phi) is 3.75. The molecule has 0 fully saturated rings. The lowest BCUT2D eigenvalue weighted by Gasteiger charge is -2.11. The zero-order valence-electron chi connectivity index (χ0n) is 11.2. The number of hydrogen-bond acceptors (Lipinski definition) is 3. The van der Waals surface area contributed by atoms with Crippen molar-refractivity contribution in [2.75, 3.05) is 5.32 Å². The summed E-state index contributed by atoms with van der Waals surface area (Å²) in [6, 6.07) is 9.63. The molecule has 1 aliphatic rings. The molecule has 0 aliphatic heterocycles. The van der Waals surface area contributed by atoms with Crippen molar-refractivity contribution in [1.82, 2.24) is 10.3 Å². The zero-order chi connectivity index (χ0) is 14.7. The van der Waals surface area contributed by atoms with Gasteiger partial charge in [-0.25, -0.2) is 0 Å². The van der Waals surface area contributed by atoms with E-state index in [1.165, 1.54) is 0 Å². The first-order valence-electron chi connectivity index (χ1n) is 6.56. The van der Waals surface area contributed by atoms with E-state index in [0.717, 1.165) is 16.6 Å². The molecule has 21 heavy (non-hydrogen) atoms. The molecule has 5 heteroatoms. The topological polar surface area (TPSA) is 54.0 Å². The van der Waals surface area contributed by atoms with Crippen LogP contribution in [0.5, 0.6) is 0 Å². The number of amides is 1. The van der Waals surface area contributed by atoms with Crippen LogP contribution in [0.2, 0.25) is 0 Å². The van der Waals surface area contributed by atoms with Gasteiger partial charge in [-0.2, -0.15) is 0 Å². The summed E-state index contributed by atoms with van der Waals surface area (Å²) in [6.45, 7) is 0. The van der Waals surface area contributed by atoms with Crippen LogP contribution in [-0.4, -0.2) is 16.0 Å². The van der Waals surface area contributed by atoms with E-state index in [4.69, 9.17) is 12.2 Å². The number of fused-ring (bicyclic) bond motifs is 1. The van der Waals surface area contributed by atoms with Crippen molar-refractivity contribution in [3.8, 4) is 0 Å². The van der Waals surface area contributed by atoms with Gasteiger partial charge in [-0.3, -0.25) is 15.1 Å². The molecule has 2 N–H and O–H groups in total. The van der Waals surface area contributed by atoms with Gasteiger partial charge in [0.15, 0.2) is 5.11 Å². The van der Waals surface area contributed by atoms with E-state index >= 15 is 0 Å². The third kappa shape index (κ3) is 2.98. The first-order chi connectivity index (χ1) is 10.2. The zero-order valence-corrected chi connectivity index (χ0v) is 12.0. The minimum absolute atomic E-state index is 0.175. The molecule has 0 saturated heterocycles. The summed E-state index contributed by atoms with van der Waals surface area (Å²) in [4.78, 5) is 16.3. The summed E-state index contributed by atoms with van der Waals surface area (Å²) in [6.07, 6.45) is 7.95. The monoisotopic (exact) mass is 295 g/mol. The van der Waals surface area contributed by atoms with Crippen LogP contribution in [0.4, 0.5) is 5.69 Å². The number of nitrogens with zero attached hydrogens (tertiary/aromatic N) is 1. The number of thiocarbonyl (C=S) groups is 1. The molecule has 104 valence electrons. The molecule has 0 bridgehead atoms. The number of anilines is 1. The van der Waals surface area contributed by atoms with Gasteiger partial charge in [0.05, 0.1) is 11.2 Å². The second kappa shape index (κ2) is 5.85. The molecule has 1 aromatic heterocycles. The molecule has 0 radical (unpaired) electrons. The predicted molar refractivity (Wildman–Crippen MR) is 87.9 cm³/mol. The van der Waals surface area contributed by atoms with E-state index in [2.05, 4.69) is 15.6 Å². The maximum atomic E-state index is 11.9. The number of rotatable bonds is 2. The molecule has 1 heterocycles. The molecular formula is C16H13N3OS. The van der Waals surface area contributed by atoms with Gasteiger partial charge in [0.25, 0.3) is 5.91 Å². The molecule has 3 rings (SSSR count). The van der Waals surface area contributed by atoms with Gasteiger partial charge < -0.3 is 5.32 Å². The largest absolute Gasteiger partial charge is 0.331 e. The number of para-hydroxylation sites is 1. The van der Waals surface area contributed by atoms with Crippen molar-refractivity contribution < 1.29 is 4.79 Å². The Morgan fingerprint density at radius 3 is 2.90 bits per heavy atom. The molecular weight excluding hydrogens is 282 g/mol. The maximum absolute atomic E-state index is 11.9. The molecule has 2 aromatic rings. The van der Waals surface area contributed by atoms with Gasteiger partial charge in [-0.05, 0) is 30.8 Å². The maximum Gasteiger partial charge on any atom is 0.253 e. The molecule has 0 unspecified atom stereocenters. The van der Waals surface area contributed by atoms with E-state index in [9.17, 15) is 4.79 Å². The number of pyridine rings is 1. The summed E-state index contributed by atoms with van der Waals surface area (Å²) in [5.74, 6) is -0.175. The van der Waals surface area contributed by atoms with E-state index in [1.54, 1.807) is 12.3 Å². The summed E-state index contributed by atoms with van der Waals surface area (Å²) in [5.41, 5.74) is 2.30. The average molecular weight is 295 g/mol. The number of aromatic nitrogens is 1. The van der Waals surface area contributed by atoms with Crippen molar-refractivity contribution >= 4 is 39.8 Å². The Labute approximate surface area is 127 Å². The van der Waals surface area contributed by atoms with Crippen molar-refractivity contribution in [2.45, 2.75) is 6.42 Å². The average Bonchev–Trinajstić information content (AvgIpc) is 3.02. The van der Waals surface area contributed by atoms with Crippen LogP contribution in [0.15, 0.2) is 60.3 Å². The Bertz CT molecular complexity index is 775. The van der Waals surface area contributed by atoms with Crippen molar-refractivity contribution in [3.05, 3.63) is 60.3 Å². The number of hydrogen-bond donors (Lipinski definition) is 2. The smallest absolute Gasteiger partial charge is 0.253 e. The molecule has 1 amide bonds. The van der Waals surface area contributed by atoms with Gasteiger partial charge in [0.2, 0.25) is 0 Å². The highest BCUT2D eigenvalue weighted by Crippen LogP contribution is 2.20. The highest BCUT2D eigenvalue weighted by Gasteiger charge is 2.12.